The minimum absolute atomic E-state index is 0.175. The first kappa shape index (κ1) is 13.4. The molecule has 0 spiro atoms. The van der Waals surface area contributed by atoms with Crippen LogP contribution in [0.2, 0.25) is 0 Å². The van der Waals surface area contributed by atoms with E-state index < -0.39 is 5.97 Å². The molecule has 0 bridgehead atoms. The summed E-state index contributed by atoms with van der Waals surface area (Å²) in [6.07, 6.45) is 5.33. The molecule has 1 saturated carbocycles. The zero-order valence-electron chi connectivity index (χ0n) is 11.8. The predicted molar refractivity (Wildman–Crippen MR) is 76.2 cm³/mol. The van der Waals surface area contributed by atoms with E-state index >= 15 is 0 Å². The molecule has 1 unspecified atom stereocenters. The summed E-state index contributed by atoms with van der Waals surface area (Å²) in [6.45, 7) is 0.175. The number of hydrogen-bond acceptors (Lipinski definition) is 3. The maximum atomic E-state index is 11.1. The van der Waals surface area contributed by atoms with E-state index in [1.54, 1.807) is 7.11 Å². The number of ether oxygens (including phenoxy) is 1. The van der Waals surface area contributed by atoms with E-state index in [2.05, 4.69) is 17.0 Å². The van der Waals surface area contributed by atoms with Crippen LogP contribution in [0.5, 0.6) is 5.75 Å². The van der Waals surface area contributed by atoms with Gasteiger partial charge in [-0.15, -0.1) is 0 Å². The van der Waals surface area contributed by atoms with Gasteiger partial charge in [-0.3, -0.25) is 9.69 Å². The second-order valence-electron chi connectivity index (χ2n) is 5.83. The van der Waals surface area contributed by atoms with Gasteiger partial charge < -0.3 is 9.84 Å². The molecule has 20 heavy (non-hydrogen) atoms. The fourth-order valence-corrected chi connectivity index (χ4v) is 3.24. The molecule has 1 aromatic rings. The molecule has 2 aliphatic carbocycles. The van der Waals surface area contributed by atoms with Crippen LogP contribution in [0, 0.1) is 0 Å². The number of fused-ring (bicyclic) bond motifs is 1. The Balaban J connectivity index is 1.77. The molecule has 1 fully saturated rings. The molecule has 3 rings (SSSR count). The van der Waals surface area contributed by atoms with Gasteiger partial charge in [0, 0.05) is 12.1 Å². The third kappa shape index (κ3) is 2.80. The standard InChI is InChI=1S/C16H21NO3/c1-20-15-7-3-11-2-4-14(8-12(11)9-15)17(10-16(18)19)13-5-6-13/h3,7,9,13-14H,2,4-6,8,10H2,1H3,(H,18,19). The van der Waals surface area contributed by atoms with Crippen molar-refractivity contribution in [2.24, 2.45) is 0 Å². The Morgan fingerprint density at radius 2 is 2.10 bits per heavy atom. The van der Waals surface area contributed by atoms with Crippen LogP contribution in [-0.4, -0.2) is 41.7 Å². The summed E-state index contributed by atoms with van der Waals surface area (Å²) in [7, 11) is 1.68. The maximum Gasteiger partial charge on any atom is 0.317 e. The van der Waals surface area contributed by atoms with Gasteiger partial charge in [-0.1, -0.05) is 6.07 Å². The minimum Gasteiger partial charge on any atom is -0.497 e. The van der Waals surface area contributed by atoms with Crippen LogP contribution in [0.15, 0.2) is 18.2 Å². The first-order valence-electron chi connectivity index (χ1n) is 7.30. The molecule has 2 aliphatic rings. The second kappa shape index (κ2) is 5.44. The normalized spacial score (nSPS) is 21.6. The minimum atomic E-state index is -0.715. The van der Waals surface area contributed by atoms with Gasteiger partial charge in [-0.2, -0.15) is 0 Å². The summed E-state index contributed by atoms with van der Waals surface area (Å²) in [5.41, 5.74) is 2.70. The Kier molecular flexibility index (Phi) is 3.66. The molecule has 0 amide bonds. The van der Waals surface area contributed by atoms with Gasteiger partial charge in [0.15, 0.2) is 0 Å². The van der Waals surface area contributed by atoms with Crippen molar-refractivity contribution in [3.05, 3.63) is 29.3 Å². The third-order valence-electron chi connectivity index (χ3n) is 4.42. The molecule has 0 radical (unpaired) electrons. The number of rotatable bonds is 5. The number of aryl methyl sites for hydroxylation is 1. The average molecular weight is 275 g/mol. The van der Waals surface area contributed by atoms with Gasteiger partial charge >= 0.3 is 5.97 Å². The Morgan fingerprint density at radius 1 is 1.30 bits per heavy atom. The molecule has 108 valence electrons. The highest BCUT2D eigenvalue weighted by Crippen LogP contribution is 2.34. The number of aliphatic carboxylic acids is 1. The number of methoxy groups -OCH3 is 1. The highest BCUT2D eigenvalue weighted by Gasteiger charge is 2.36. The molecule has 1 N–H and O–H groups in total. The van der Waals surface area contributed by atoms with Crippen LogP contribution >= 0.6 is 0 Å². The van der Waals surface area contributed by atoms with E-state index in [1.807, 2.05) is 6.07 Å². The number of hydrogen-bond donors (Lipinski definition) is 1. The Labute approximate surface area is 119 Å². The van der Waals surface area contributed by atoms with Crippen LogP contribution in [-0.2, 0) is 17.6 Å². The fraction of sp³-hybridized carbons (Fsp3) is 0.562. The zero-order chi connectivity index (χ0) is 14.1. The summed E-state index contributed by atoms with van der Waals surface area (Å²) in [4.78, 5) is 13.3. The number of carboxylic acid groups (broad SMARTS) is 1. The number of carbonyl (C=O) groups is 1. The van der Waals surface area contributed by atoms with Gasteiger partial charge in [0.25, 0.3) is 0 Å². The molecular formula is C16H21NO3. The van der Waals surface area contributed by atoms with Crippen molar-refractivity contribution in [3.8, 4) is 5.75 Å². The SMILES string of the molecule is COc1ccc2c(c1)CC(N(CC(=O)O)C1CC1)CC2. The van der Waals surface area contributed by atoms with E-state index in [-0.39, 0.29) is 6.54 Å². The molecule has 0 heterocycles. The lowest BCUT2D eigenvalue weighted by Crippen LogP contribution is -2.43. The van der Waals surface area contributed by atoms with Crippen LogP contribution < -0.4 is 4.74 Å². The van der Waals surface area contributed by atoms with Crippen molar-refractivity contribution < 1.29 is 14.6 Å². The number of nitrogens with zero attached hydrogens (tertiary/aromatic N) is 1. The monoisotopic (exact) mass is 275 g/mol. The van der Waals surface area contributed by atoms with Crippen molar-refractivity contribution in [1.82, 2.24) is 4.90 Å². The van der Waals surface area contributed by atoms with Crippen molar-refractivity contribution in [2.45, 2.75) is 44.2 Å². The lowest BCUT2D eigenvalue weighted by molar-refractivity contribution is -0.139. The zero-order valence-corrected chi connectivity index (χ0v) is 11.8. The quantitative estimate of drug-likeness (QED) is 0.894. The van der Waals surface area contributed by atoms with Crippen LogP contribution in [0.1, 0.15) is 30.4 Å². The Bertz CT molecular complexity index is 510. The molecule has 4 heteroatoms. The summed E-state index contributed by atoms with van der Waals surface area (Å²) < 4.78 is 5.29. The summed E-state index contributed by atoms with van der Waals surface area (Å²) in [5.74, 6) is 0.175. The van der Waals surface area contributed by atoms with E-state index in [0.717, 1.165) is 37.9 Å². The van der Waals surface area contributed by atoms with Gasteiger partial charge in [0.05, 0.1) is 13.7 Å². The van der Waals surface area contributed by atoms with Crippen molar-refractivity contribution in [2.75, 3.05) is 13.7 Å². The summed E-state index contributed by atoms with van der Waals surface area (Å²) in [6, 6.07) is 7.10. The molecule has 0 saturated heterocycles. The molecular weight excluding hydrogens is 254 g/mol. The first-order chi connectivity index (χ1) is 9.67. The molecule has 1 atom stereocenters. The molecule has 4 nitrogen and oxygen atoms in total. The van der Waals surface area contributed by atoms with Crippen molar-refractivity contribution >= 4 is 5.97 Å². The van der Waals surface area contributed by atoms with Gasteiger partial charge in [-0.05, 0) is 55.4 Å². The molecule has 1 aromatic carbocycles. The second-order valence-corrected chi connectivity index (χ2v) is 5.83. The third-order valence-corrected chi connectivity index (χ3v) is 4.42. The number of carboxylic acids is 1. The predicted octanol–water partition coefficient (Wildman–Crippen LogP) is 2.10. The molecule has 0 aromatic heterocycles. The average Bonchev–Trinajstić information content (AvgIpc) is 3.28. The van der Waals surface area contributed by atoms with E-state index in [9.17, 15) is 4.79 Å². The fourth-order valence-electron chi connectivity index (χ4n) is 3.24. The van der Waals surface area contributed by atoms with Crippen LogP contribution in [0.4, 0.5) is 0 Å². The highest BCUT2D eigenvalue weighted by molar-refractivity contribution is 5.69. The smallest absolute Gasteiger partial charge is 0.317 e. The Morgan fingerprint density at radius 3 is 2.75 bits per heavy atom. The van der Waals surface area contributed by atoms with Gasteiger partial charge in [0.1, 0.15) is 5.75 Å². The lowest BCUT2D eigenvalue weighted by Gasteiger charge is -2.34. The van der Waals surface area contributed by atoms with Crippen molar-refractivity contribution in [3.63, 3.8) is 0 Å². The highest BCUT2D eigenvalue weighted by atomic mass is 16.5. The van der Waals surface area contributed by atoms with Gasteiger partial charge in [-0.25, -0.2) is 0 Å². The largest absolute Gasteiger partial charge is 0.497 e. The van der Waals surface area contributed by atoms with Crippen molar-refractivity contribution in [1.29, 1.82) is 0 Å². The number of benzene rings is 1. The summed E-state index contributed by atoms with van der Waals surface area (Å²) in [5, 5.41) is 9.11. The summed E-state index contributed by atoms with van der Waals surface area (Å²) >= 11 is 0. The molecule has 0 aliphatic heterocycles. The van der Waals surface area contributed by atoms with E-state index in [0.29, 0.717) is 12.1 Å². The first-order valence-corrected chi connectivity index (χ1v) is 7.30. The van der Waals surface area contributed by atoms with E-state index in [4.69, 9.17) is 9.84 Å². The maximum absolute atomic E-state index is 11.1. The topological polar surface area (TPSA) is 49.8 Å². The van der Waals surface area contributed by atoms with Crippen LogP contribution in [0.3, 0.4) is 0 Å². The van der Waals surface area contributed by atoms with Gasteiger partial charge in [0.2, 0.25) is 0 Å². The lowest BCUT2D eigenvalue weighted by atomic mass is 9.87. The van der Waals surface area contributed by atoms with E-state index in [1.165, 1.54) is 11.1 Å². The Hall–Kier alpha value is -1.55. The van der Waals surface area contributed by atoms with Crippen LogP contribution in [0.25, 0.3) is 0 Å².